The SMILES string of the molecule is Cl.N[C@@H](CC(F)F)c1cc2ccccc2c2ccccc12. The molecule has 0 saturated heterocycles. The number of benzene rings is 3. The first-order chi connectivity index (χ1) is 9.66. The fraction of sp³-hybridized carbons (Fsp3) is 0.176. The molecule has 0 aliphatic carbocycles. The fourth-order valence-corrected chi connectivity index (χ4v) is 2.71. The molecule has 0 bridgehead atoms. The number of hydrogen-bond acceptors (Lipinski definition) is 1. The topological polar surface area (TPSA) is 26.0 Å². The van der Waals surface area contributed by atoms with Crippen LogP contribution in [0.3, 0.4) is 0 Å². The van der Waals surface area contributed by atoms with Crippen molar-refractivity contribution < 1.29 is 8.78 Å². The van der Waals surface area contributed by atoms with Gasteiger partial charge in [0.2, 0.25) is 6.43 Å². The third-order valence-electron chi connectivity index (χ3n) is 3.63. The Kier molecular flexibility index (Phi) is 4.76. The largest absolute Gasteiger partial charge is 0.324 e. The highest BCUT2D eigenvalue weighted by atomic mass is 35.5. The highest BCUT2D eigenvalue weighted by Crippen LogP contribution is 2.32. The lowest BCUT2D eigenvalue weighted by molar-refractivity contribution is 0.128. The average Bonchev–Trinajstić information content (AvgIpc) is 2.45. The van der Waals surface area contributed by atoms with Crippen molar-refractivity contribution >= 4 is 34.0 Å². The first kappa shape index (κ1) is 15.7. The third-order valence-corrected chi connectivity index (χ3v) is 3.63. The van der Waals surface area contributed by atoms with Crippen molar-refractivity contribution in [3.63, 3.8) is 0 Å². The molecule has 1 nitrogen and oxygen atoms in total. The molecule has 1 atom stereocenters. The number of hydrogen-bond donors (Lipinski definition) is 1. The van der Waals surface area contributed by atoms with Gasteiger partial charge in [-0.1, -0.05) is 48.5 Å². The maximum absolute atomic E-state index is 12.6. The lowest BCUT2D eigenvalue weighted by Crippen LogP contribution is -2.14. The van der Waals surface area contributed by atoms with Gasteiger partial charge in [0, 0.05) is 12.5 Å². The van der Waals surface area contributed by atoms with Gasteiger partial charge in [0.25, 0.3) is 0 Å². The van der Waals surface area contributed by atoms with Crippen LogP contribution in [-0.2, 0) is 0 Å². The van der Waals surface area contributed by atoms with Crippen LogP contribution in [0.1, 0.15) is 18.0 Å². The van der Waals surface area contributed by atoms with Crippen molar-refractivity contribution in [3.8, 4) is 0 Å². The van der Waals surface area contributed by atoms with Gasteiger partial charge in [0.15, 0.2) is 0 Å². The smallest absolute Gasteiger partial charge is 0.240 e. The third kappa shape index (κ3) is 2.99. The van der Waals surface area contributed by atoms with Gasteiger partial charge >= 0.3 is 0 Å². The fourth-order valence-electron chi connectivity index (χ4n) is 2.71. The molecule has 0 spiro atoms. The maximum Gasteiger partial charge on any atom is 0.240 e. The Morgan fingerprint density at radius 1 is 0.857 bits per heavy atom. The van der Waals surface area contributed by atoms with E-state index in [2.05, 4.69) is 0 Å². The van der Waals surface area contributed by atoms with Gasteiger partial charge in [-0.25, -0.2) is 8.78 Å². The summed E-state index contributed by atoms with van der Waals surface area (Å²) in [6.07, 6.45) is -2.71. The van der Waals surface area contributed by atoms with Crippen LogP contribution in [0.25, 0.3) is 21.5 Å². The van der Waals surface area contributed by atoms with Crippen LogP contribution in [0, 0.1) is 0 Å². The zero-order valence-corrected chi connectivity index (χ0v) is 12.1. The van der Waals surface area contributed by atoms with Gasteiger partial charge in [-0.05, 0) is 33.2 Å². The normalized spacial score (nSPS) is 12.6. The van der Waals surface area contributed by atoms with Gasteiger partial charge in [-0.15, -0.1) is 12.4 Å². The summed E-state index contributed by atoms with van der Waals surface area (Å²) in [7, 11) is 0. The lowest BCUT2D eigenvalue weighted by atomic mass is 9.93. The molecule has 4 heteroatoms. The van der Waals surface area contributed by atoms with E-state index in [-0.39, 0.29) is 18.8 Å². The molecule has 0 radical (unpaired) electrons. The van der Waals surface area contributed by atoms with E-state index < -0.39 is 12.5 Å². The zero-order valence-electron chi connectivity index (χ0n) is 11.3. The van der Waals surface area contributed by atoms with Gasteiger partial charge < -0.3 is 5.73 Å². The molecule has 3 aromatic carbocycles. The van der Waals surface area contributed by atoms with Crippen molar-refractivity contribution in [1.29, 1.82) is 0 Å². The molecule has 0 aliphatic heterocycles. The van der Waals surface area contributed by atoms with Crippen LogP contribution >= 0.6 is 12.4 Å². The van der Waals surface area contributed by atoms with Crippen LogP contribution in [-0.4, -0.2) is 6.43 Å². The summed E-state index contributed by atoms with van der Waals surface area (Å²) in [6.45, 7) is 0. The lowest BCUT2D eigenvalue weighted by Gasteiger charge is -2.16. The number of nitrogens with two attached hydrogens (primary N) is 1. The predicted molar refractivity (Wildman–Crippen MR) is 86.3 cm³/mol. The zero-order chi connectivity index (χ0) is 14.1. The number of alkyl halides is 2. The first-order valence-electron chi connectivity index (χ1n) is 6.61. The summed E-state index contributed by atoms with van der Waals surface area (Å²) in [5, 5.41) is 4.17. The Balaban J connectivity index is 0.00000161. The van der Waals surface area contributed by atoms with Gasteiger partial charge in [0.05, 0.1) is 0 Å². The van der Waals surface area contributed by atoms with Crippen LogP contribution in [0.5, 0.6) is 0 Å². The molecular formula is C17H16ClF2N. The molecule has 3 aromatic rings. The van der Waals surface area contributed by atoms with E-state index in [0.717, 1.165) is 27.1 Å². The van der Waals surface area contributed by atoms with Crippen molar-refractivity contribution in [3.05, 3.63) is 60.2 Å². The van der Waals surface area contributed by atoms with E-state index in [1.54, 1.807) is 0 Å². The molecule has 2 N–H and O–H groups in total. The predicted octanol–water partition coefficient (Wildman–Crippen LogP) is 5.07. The Bertz CT molecular complexity index is 758. The van der Waals surface area contributed by atoms with Crippen molar-refractivity contribution in [2.45, 2.75) is 18.9 Å². The highest BCUT2D eigenvalue weighted by molar-refractivity contribution is 6.09. The van der Waals surface area contributed by atoms with E-state index in [4.69, 9.17) is 5.73 Å². The summed E-state index contributed by atoms with van der Waals surface area (Å²) < 4.78 is 25.2. The summed E-state index contributed by atoms with van der Waals surface area (Å²) in [5.41, 5.74) is 6.76. The molecule has 0 saturated carbocycles. The summed E-state index contributed by atoms with van der Waals surface area (Å²) in [5.74, 6) is 0. The number of halogens is 3. The van der Waals surface area contributed by atoms with Crippen LogP contribution in [0.2, 0.25) is 0 Å². The van der Waals surface area contributed by atoms with Crippen molar-refractivity contribution in [1.82, 2.24) is 0 Å². The Hall–Kier alpha value is -1.71. The second kappa shape index (κ2) is 6.37. The highest BCUT2D eigenvalue weighted by Gasteiger charge is 2.16. The van der Waals surface area contributed by atoms with Crippen LogP contribution in [0.15, 0.2) is 54.6 Å². The Labute approximate surface area is 128 Å². The molecule has 0 aliphatic rings. The molecule has 21 heavy (non-hydrogen) atoms. The molecular weight excluding hydrogens is 292 g/mol. The molecule has 0 heterocycles. The minimum Gasteiger partial charge on any atom is -0.324 e. The van der Waals surface area contributed by atoms with E-state index in [9.17, 15) is 8.78 Å². The van der Waals surface area contributed by atoms with Crippen LogP contribution < -0.4 is 5.73 Å². The number of rotatable bonds is 3. The van der Waals surface area contributed by atoms with Gasteiger partial charge in [-0.3, -0.25) is 0 Å². The molecule has 3 rings (SSSR count). The average molecular weight is 308 g/mol. The van der Waals surface area contributed by atoms with Crippen molar-refractivity contribution in [2.24, 2.45) is 5.73 Å². The van der Waals surface area contributed by atoms with E-state index in [1.807, 2.05) is 54.6 Å². The van der Waals surface area contributed by atoms with Gasteiger partial charge in [-0.2, -0.15) is 0 Å². The number of fused-ring (bicyclic) bond motifs is 3. The first-order valence-corrected chi connectivity index (χ1v) is 6.61. The van der Waals surface area contributed by atoms with Gasteiger partial charge in [0.1, 0.15) is 0 Å². The standard InChI is InChI=1S/C17H15F2N.ClH/c18-17(19)10-16(20)15-9-11-5-1-2-6-12(11)13-7-3-4-8-14(13)15;/h1-9,16-17H,10,20H2;1H/t16-;/m0./s1. The Morgan fingerprint density at radius 3 is 2.10 bits per heavy atom. The monoisotopic (exact) mass is 307 g/mol. The Morgan fingerprint density at radius 2 is 1.43 bits per heavy atom. The molecule has 0 fully saturated rings. The minimum atomic E-state index is -2.39. The molecule has 0 amide bonds. The van der Waals surface area contributed by atoms with Crippen LogP contribution in [0.4, 0.5) is 8.78 Å². The van der Waals surface area contributed by atoms with E-state index in [1.165, 1.54) is 0 Å². The second-order valence-electron chi connectivity index (χ2n) is 4.97. The summed E-state index contributed by atoms with van der Waals surface area (Å²) >= 11 is 0. The minimum absolute atomic E-state index is 0. The molecule has 110 valence electrons. The quantitative estimate of drug-likeness (QED) is 0.672. The summed E-state index contributed by atoms with van der Waals surface area (Å²) in [4.78, 5) is 0. The molecule has 0 unspecified atom stereocenters. The maximum atomic E-state index is 12.6. The van der Waals surface area contributed by atoms with E-state index in [0.29, 0.717) is 0 Å². The molecule has 0 aromatic heterocycles. The summed E-state index contributed by atoms with van der Waals surface area (Å²) in [6, 6.07) is 17.1. The van der Waals surface area contributed by atoms with E-state index >= 15 is 0 Å². The second-order valence-corrected chi connectivity index (χ2v) is 4.97. The van der Waals surface area contributed by atoms with Crippen molar-refractivity contribution in [2.75, 3.05) is 0 Å².